The third-order valence-corrected chi connectivity index (χ3v) is 4.04. The summed E-state index contributed by atoms with van der Waals surface area (Å²) < 4.78 is 7.17. The van der Waals surface area contributed by atoms with Gasteiger partial charge in [-0.15, -0.1) is 0 Å². The minimum absolute atomic E-state index is 0.0811. The van der Waals surface area contributed by atoms with Gasteiger partial charge in [-0.3, -0.25) is 0 Å². The molecule has 0 saturated carbocycles. The molecule has 0 amide bonds. The van der Waals surface area contributed by atoms with E-state index in [9.17, 15) is 0 Å². The predicted octanol–water partition coefficient (Wildman–Crippen LogP) is 5.89. The average molecular weight is 347 g/mol. The van der Waals surface area contributed by atoms with Gasteiger partial charge in [-0.1, -0.05) is 67.9 Å². The Bertz CT molecular complexity index is 611. The molecule has 1 nitrogen and oxygen atoms in total. The fourth-order valence-corrected chi connectivity index (χ4v) is 2.74. The zero-order valence-corrected chi connectivity index (χ0v) is 14.8. The molecule has 0 N–H and O–H groups in total. The van der Waals surface area contributed by atoms with Crippen LogP contribution in [0.1, 0.15) is 44.4 Å². The number of rotatable bonds is 4. The van der Waals surface area contributed by atoms with E-state index >= 15 is 0 Å². The van der Waals surface area contributed by atoms with Crippen molar-refractivity contribution in [1.82, 2.24) is 0 Å². The van der Waals surface area contributed by atoms with Crippen molar-refractivity contribution in [3.05, 3.63) is 63.6 Å². The molecular weight excluding hydrogens is 324 g/mol. The fourth-order valence-electron chi connectivity index (χ4n) is 2.30. The second kappa shape index (κ2) is 6.65. The maximum Gasteiger partial charge on any atom is 0.123 e. The van der Waals surface area contributed by atoms with Crippen LogP contribution in [0.5, 0.6) is 5.75 Å². The smallest absolute Gasteiger partial charge is 0.123 e. The number of aryl methyl sites for hydroxylation is 1. The third-order valence-electron chi connectivity index (χ3n) is 3.54. The Labute approximate surface area is 136 Å². The van der Waals surface area contributed by atoms with Crippen LogP contribution in [0.25, 0.3) is 0 Å². The fraction of sp³-hybridized carbons (Fsp3) is 0.368. The Hall–Kier alpha value is -1.28. The van der Waals surface area contributed by atoms with Crippen LogP contribution in [-0.4, -0.2) is 0 Å². The molecule has 0 spiro atoms. The zero-order chi connectivity index (χ0) is 15.5. The van der Waals surface area contributed by atoms with Crippen LogP contribution in [0.4, 0.5) is 0 Å². The number of halogens is 1. The molecule has 0 unspecified atom stereocenters. The Kier molecular flexibility index (Phi) is 5.10. The molecular formula is C19H23BrO. The summed E-state index contributed by atoms with van der Waals surface area (Å²) in [6.45, 7) is 9.47. The summed E-state index contributed by atoms with van der Waals surface area (Å²) in [6, 6.07) is 14.8. The molecule has 2 rings (SSSR count). The first-order valence-electron chi connectivity index (χ1n) is 7.41. The first kappa shape index (κ1) is 16.1. The van der Waals surface area contributed by atoms with Gasteiger partial charge in [0.05, 0.1) is 0 Å². The number of hydrogen-bond donors (Lipinski definition) is 0. The molecule has 0 aromatic heterocycles. The molecule has 2 heteroatoms. The van der Waals surface area contributed by atoms with E-state index in [0.717, 1.165) is 16.6 Å². The lowest BCUT2D eigenvalue weighted by atomic mass is 9.85. The summed E-state index contributed by atoms with van der Waals surface area (Å²) in [5.74, 6) is 0.986. The normalized spacial score (nSPS) is 11.5. The standard InChI is InChI=1S/C19H23BrO/c1-5-14-9-10-18(17(12-14)19(2,3)4)21-13-15-7-6-8-16(20)11-15/h6-12H,5,13H2,1-4H3. The van der Waals surface area contributed by atoms with E-state index < -0.39 is 0 Å². The summed E-state index contributed by atoms with van der Waals surface area (Å²) in [5, 5.41) is 0. The van der Waals surface area contributed by atoms with Crippen molar-refractivity contribution < 1.29 is 4.74 Å². The van der Waals surface area contributed by atoms with Gasteiger partial charge in [-0.05, 0) is 46.7 Å². The van der Waals surface area contributed by atoms with Gasteiger partial charge in [0.2, 0.25) is 0 Å². The highest BCUT2D eigenvalue weighted by Gasteiger charge is 2.19. The molecule has 21 heavy (non-hydrogen) atoms. The molecule has 0 aliphatic carbocycles. The molecule has 0 aliphatic heterocycles. The first-order chi connectivity index (χ1) is 9.90. The molecule has 0 heterocycles. The van der Waals surface area contributed by atoms with E-state index in [-0.39, 0.29) is 5.41 Å². The minimum atomic E-state index is 0.0811. The number of benzene rings is 2. The van der Waals surface area contributed by atoms with Crippen LogP contribution in [0.2, 0.25) is 0 Å². The Morgan fingerprint density at radius 3 is 2.38 bits per heavy atom. The van der Waals surface area contributed by atoms with Crippen molar-refractivity contribution in [3.63, 3.8) is 0 Å². The quantitative estimate of drug-likeness (QED) is 0.670. The van der Waals surface area contributed by atoms with Crippen LogP contribution in [0.3, 0.4) is 0 Å². The van der Waals surface area contributed by atoms with E-state index in [2.05, 4.69) is 74.0 Å². The van der Waals surface area contributed by atoms with Gasteiger partial charge in [-0.2, -0.15) is 0 Å². The van der Waals surface area contributed by atoms with Crippen molar-refractivity contribution in [2.75, 3.05) is 0 Å². The molecule has 0 fully saturated rings. The summed E-state index contributed by atoms with van der Waals surface area (Å²) in [6.07, 6.45) is 1.05. The summed E-state index contributed by atoms with van der Waals surface area (Å²) >= 11 is 3.50. The van der Waals surface area contributed by atoms with Crippen molar-refractivity contribution in [3.8, 4) is 5.75 Å². The third kappa shape index (κ3) is 4.34. The molecule has 0 radical (unpaired) electrons. The summed E-state index contributed by atoms with van der Waals surface area (Å²) in [5.41, 5.74) is 3.88. The monoisotopic (exact) mass is 346 g/mol. The molecule has 2 aromatic rings. The van der Waals surface area contributed by atoms with E-state index in [0.29, 0.717) is 6.61 Å². The van der Waals surface area contributed by atoms with Gasteiger partial charge in [0, 0.05) is 4.47 Å². The van der Waals surface area contributed by atoms with Crippen LogP contribution in [-0.2, 0) is 18.4 Å². The van der Waals surface area contributed by atoms with E-state index in [1.54, 1.807) is 0 Å². The zero-order valence-electron chi connectivity index (χ0n) is 13.2. The van der Waals surface area contributed by atoms with Gasteiger partial charge < -0.3 is 4.74 Å². The van der Waals surface area contributed by atoms with Crippen LogP contribution in [0, 0.1) is 0 Å². The second-order valence-corrected chi connectivity index (χ2v) is 7.27. The Morgan fingerprint density at radius 2 is 1.76 bits per heavy atom. The van der Waals surface area contributed by atoms with Crippen molar-refractivity contribution in [1.29, 1.82) is 0 Å². The van der Waals surface area contributed by atoms with E-state index in [1.165, 1.54) is 16.7 Å². The molecule has 0 saturated heterocycles. The maximum atomic E-state index is 6.08. The van der Waals surface area contributed by atoms with E-state index in [1.807, 2.05) is 12.1 Å². The lowest BCUT2D eigenvalue weighted by Crippen LogP contribution is -2.14. The SMILES string of the molecule is CCc1ccc(OCc2cccc(Br)c2)c(C(C)(C)C)c1. The Balaban J connectivity index is 2.23. The van der Waals surface area contributed by atoms with E-state index in [4.69, 9.17) is 4.74 Å². The predicted molar refractivity (Wildman–Crippen MR) is 93.0 cm³/mol. The lowest BCUT2D eigenvalue weighted by molar-refractivity contribution is 0.297. The molecule has 2 aromatic carbocycles. The molecule has 112 valence electrons. The molecule has 0 aliphatic rings. The minimum Gasteiger partial charge on any atom is -0.489 e. The molecule has 0 bridgehead atoms. The van der Waals surface area contributed by atoms with Crippen LogP contribution < -0.4 is 4.74 Å². The van der Waals surface area contributed by atoms with Gasteiger partial charge in [0.25, 0.3) is 0 Å². The first-order valence-corrected chi connectivity index (χ1v) is 8.20. The van der Waals surface area contributed by atoms with Crippen LogP contribution >= 0.6 is 15.9 Å². The largest absolute Gasteiger partial charge is 0.489 e. The summed E-state index contributed by atoms with van der Waals surface area (Å²) in [4.78, 5) is 0. The summed E-state index contributed by atoms with van der Waals surface area (Å²) in [7, 11) is 0. The molecule has 0 atom stereocenters. The van der Waals surface area contributed by atoms with Gasteiger partial charge >= 0.3 is 0 Å². The number of hydrogen-bond acceptors (Lipinski definition) is 1. The van der Waals surface area contributed by atoms with Gasteiger partial charge in [0.1, 0.15) is 12.4 Å². The maximum absolute atomic E-state index is 6.08. The topological polar surface area (TPSA) is 9.23 Å². The highest BCUT2D eigenvalue weighted by atomic mass is 79.9. The van der Waals surface area contributed by atoms with Gasteiger partial charge in [-0.25, -0.2) is 0 Å². The average Bonchev–Trinajstić information content (AvgIpc) is 2.44. The highest BCUT2D eigenvalue weighted by molar-refractivity contribution is 9.10. The Morgan fingerprint density at radius 1 is 1.00 bits per heavy atom. The van der Waals surface area contributed by atoms with Crippen molar-refractivity contribution in [2.45, 2.75) is 46.1 Å². The second-order valence-electron chi connectivity index (χ2n) is 6.35. The van der Waals surface area contributed by atoms with Crippen molar-refractivity contribution >= 4 is 15.9 Å². The lowest BCUT2D eigenvalue weighted by Gasteiger charge is -2.23. The number of ether oxygens (including phenoxy) is 1. The van der Waals surface area contributed by atoms with Crippen LogP contribution in [0.15, 0.2) is 46.9 Å². The van der Waals surface area contributed by atoms with Gasteiger partial charge in [0.15, 0.2) is 0 Å². The highest BCUT2D eigenvalue weighted by Crippen LogP contribution is 2.33. The van der Waals surface area contributed by atoms with Crippen molar-refractivity contribution in [2.24, 2.45) is 0 Å².